The molecule has 0 fully saturated rings. The van der Waals surface area contributed by atoms with Gasteiger partial charge in [-0.05, 0) is 106 Å². The molecule has 3 heteroatoms. The molecule has 0 spiro atoms. The van der Waals surface area contributed by atoms with E-state index in [4.69, 9.17) is 4.74 Å². The van der Waals surface area contributed by atoms with Crippen LogP contribution in [0.3, 0.4) is 0 Å². The number of para-hydroxylation sites is 4. The fraction of sp³-hybridized carbons (Fsp3) is 0. The predicted molar refractivity (Wildman–Crippen MR) is 214 cm³/mol. The van der Waals surface area contributed by atoms with E-state index >= 15 is 0 Å². The highest BCUT2D eigenvalue weighted by Crippen LogP contribution is 2.51. The molecule has 0 bridgehead atoms. The van der Waals surface area contributed by atoms with Gasteiger partial charge >= 0.3 is 0 Å². The van der Waals surface area contributed by atoms with Gasteiger partial charge in [-0.2, -0.15) is 0 Å². The largest absolute Gasteiger partial charge is 0.456 e. The van der Waals surface area contributed by atoms with E-state index in [0.717, 1.165) is 61.8 Å². The second-order valence-electron chi connectivity index (χ2n) is 13.0. The summed E-state index contributed by atoms with van der Waals surface area (Å²) in [5.41, 5.74) is 8.97. The van der Waals surface area contributed by atoms with E-state index in [1.165, 1.54) is 27.3 Å². The number of benzene rings is 9. The molecule has 1 aliphatic heterocycles. The zero-order valence-electron chi connectivity index (χ0n) is 27.8. The van der Waals surface area contributed by atoms with Gasteiger partial charge in [-0.25, -0.2) is 0 Å². The topological polar surface area (TPSA) is 15.7 Å². The molecule has 10 rings (SSSR count). The smallest absolute Gasteiger partial charge is 0.138 e. The van der Waals surface area contributed by atoms with Crippen molar-refractivity contribution in [3.63, 3.8) is 0 Å². The molecule has 0 unspecified atom stereocenters. The van der Waals surface area contributed by atoms with Crippen molar-refractivity contribution >= 4 is 66.4 Å². The van der Waals surface area contributed by atoms with Crippen LogP contribution in [0.4, 0.5) is 34.1 Å². The zero-order valence-corrected chi connectivity index (χ0v) is 27.8. The second kappa shape index (κ2) is 11.9. The fourth-order valence-electron chi connectivity index (χ4n) is 7.71. The molecule has 1 heterocycles. The van der Waals surface area contributed by atoms with Gasteiger partial charge in [0.1, 0.15) is 11.5 Å². The molecule has 9 aromatic carbocycles. The number of rotatable bonds is 7. The Balaban J connectivity index is 1.12. The molecule has 0 saturated heterocycles. The van der Waals surface area contributed by atoms with Gasteiger partial charge in [0.05, 0.1) is 5.69 Å². The second-order valence-corrected chi connectivity index (χ2v) is 13.0. The lowest BCUT2D eigenvalue weighted by Gasteiger charge is -2.28. The molecule has 9 aromatic rings. The average molecular weight is 653 g/mol. The van der Waals surface area contributed by atoms with E-state index in [1.807, 2.05) is 0 Å². The van der Waals surface area contributed by atoms with Crippen LogP contribution in [0.2, 0.25) is 0 Å². The van der Waals surface area contributed by atoms with E-state index in [-0.39, 0.29) is 0 Å². The maximum atomic E-state index is 6.85. The molecule has 0 aromatic heterocycles. The van der Waals surface area contributed by atoms with Gasteiger partial charge in [-0.1, -0.05) is 109 Å². The predicted octanol–water partition coefficient (Wildman–Crippen LogP) is 13.9. The van der Waals surface area contributed by atoms with Crippen molar-refractivity contribution in [2.24, 2.45) is 0 Å². The van der Waals surface area contributed by atoms with Crippen LogP contribution in [0, 0.1) is 0 Å². The van der Waals surface area contributed by atoms with Gasteiger partial charge in [-0.15, -0.1) is 0 Å². The Morgan fingerprint density at radius 3 is 1.35 bits per heavy atom. The highest BCUT2D eigenvalue weighted by molar-refractivity contribution is 6.28. The molecule has 51 heavy (non-hydrogen) atoms. The standard InChI is InChI=1S/C48H32N2O/c1-5-14-36(15-6-1)49(37-16-7-2-8-17-37)40-28-26-33(27-29-40)43-31-35-25-24-34-30-41(50(38-18-9-3-10-19-38)39-20-11-4-12-21-39)32-45-46(34)47(35)48-42(43)22-13-23-44(48)51-45/h1-32H. The van der Waals surface area contributed by atoms with Gasteiger partial charge in [0.15, 0.2) is 0 Å². The van der Waals surface area contributed by atoms with Crippen LogP contribution in [0.5, 0.6) is 11.5 Å². The summed E-state index contributed by atoms with van der Waals surface area (Å²) in [5, 5.41) is 7.12. The van der Waals surface area contributed by atoms with Crippen LogP contribution in [-0.2, 0) is 0 Å². The van der Waals surface area contributed by atoms with E-state index in [0.29, 0.717) is 0 Å². The highest BCUT2D eigenvalue weighted by Gasteiger charge is 2.24. The lowest BCUT2D eigenvalue weighted by molar-refractivity contribution is 0.493. The van der Waals surface area contributed by atoms with Gasteiger partial charge in [-0.3, -0.25) is 0 Å². The summed E-state index contributed by atoms with van der Waals surface area (Å²) >= 11 is 0. The Morgan fingerprint density at radius 1 is 0.314 bits per heavy atom. The van der Waals surface area contributed by atoms with E-state index in [2.05, 4.69) is 204 Å². The summed E-state index contributed by atoms with van der Waals surface area (Å²) in [7, 11) is 0. The third-order valence-corrected chi connectivity index (χ3v) is 9.94. The average Bonchev–Trinajstić information content (AvgIpc) is 3.20. The molecule has 1 aliphatic rings. The lowest BCUT2D eigenvalue weighted by atomic mass is 9.88. The van der Waals surface area contributed by atoms with Crippen LogP contribution >= 0.6 is 0 Å². The maximum absolute atomic E-state index is 6.85. The van der Waals surface area contributed by atoms with Gasteiger partial charge in [0.2, 0.25) is 0 Å². The molecule has 0 amide bonds. The quantitative estimate of drug-likeness (QED) is 0.159. The van der Waals surface area contributed by atoms with Crippen molar-refractivity contribution in [1.29, 1.82) is 0 Å². The fourth-order valence-corrected chi connectivity index (χ4v) is 7.71. The van der Waals surface area contributed by atoms with Crippen molar-refractivity contribution in [3.8, 4) is 22.6 Å². The van der Waals surface area contributed by atoms with E-state index in [1.54, 1.807) is 0 Å². The number of nitrogens with zero attached hydrogens (tertiary/aromatic N) is 2. The molecule has 0 saturated carbocycles. The summed E-state index contributed by atoms with van der Waals surface area (Å²) in [6, 6.07) is 68.9. The third kappa shape index (κ3) is 4.90. The molecular weight excluding hydrogens is 621 g/mol. The number of ether oxygens (including phenoxy) is 1. The lowest BCUT2D eigenvalue weighted by Crippen LogP contribution is -2.10. The van der Waals surface area contributed by atoms with Crippen molar-refractivity contribution in [2.75, 3.05) is 9.80 Å². The third-order valence-electron chi connectivity index (χ3n) is 9.94. The van der Waals surface area contributed by atoms with E-state index in [9.17, 15) is 0 Å². The number of hydrogen-bond acceptors (Lipinski definition) is 3. The van der Waals surface area contributed by atoms with Crippen molar-refractivity contribution in [1.82, 2.24) is 0 Å². The van der Waals surface area contributed by atoms with Crippen molar-refractivity contribution in [3.05, 3.63) is 194 Å². The first-order valence-electron chi connectivity index (χ1n) is 17.4. The molecule has 0 aliphatic carbocycles. The molecule has 0 radical (unpaired) electrons. The minimum absolute atomic E-state index is 0.879. The van der Waals surface area contributed by atoms with Crippen LogP contribution < -0.4 is 14.5 Å². The molecule has 0 atom stereocenters. The van der Waals surface area contributed by atoms with Gasteiger partial charge in [0, 0.05) is 50.7 Å². The van der Waals surface area contributed by atoms with Crippen LogP contribution in [0.25, 0.3) is 43.4 Å². The molecule has 0 N–H and O–H groups in total. The first-order valence-corrected chi connectivity index (χ1v) is 17.4. The van der Waals surface area contributed by atoms with E-state index < -0.39 is 0 Å². The van der Waals surface area contributed by atoms with Crippen LogP contribution in [-0.4, -0.2) is 0 Å². The minimum Gasteiger partial charge on any atom is -0.456 e. The minimum atomic E-state index is 0.879. The first-order chi connectivity index (χ1) is 25.3. The molecule has 3 nitrogen and oxygen atoms in total. The maximum Gasteiger partial charge on any atom is 0.138 e. The number of hydrogen-bond donors (Lipinski definition) is 0. The van der Waals surface area contributed by atoms with Crippen LogP contribution in [0.15, 0.2) is 194 Å². The van der Waals surface area contributed by atoms with Crippen molar-refractivity contribution in [2.45, 2.75) is 0 Å². The normalized spacial score (nSPS) is 11.7. The first kappa shape index (κ1) is 29.1. The Bertz CT molecular complexity index is 2610. The monoisotopic (exact) mass is 652 g/mol. The summed E-state index contributed by atoms with van der Waals surface area (Å²) < 4.78 is 6.85. The Kier molecular flexibility index (Phi) is 6.81. The van der Waals surface area contributed by atoms with Crippen LogP contribution in [0.1, 0.15) is 0 Å². The van der Waals surface area contributed by atoms with Crippen molar-refractivity contribution < 1.29 is 4.74 Å². The molecular formula is C48H32N2O. The summed E-state index contributed by atoms with van der Waals surface area (Å²) in [6.45, 7) is 0. The SMILES string of the molecule is c1ccc(N(c2ccccc2)c2ccc(-c3cc4ccc5cc(N(c6ccccc6)c6ccccc6)cc6c5c4c4c(cccc34)O6)cc2)cc1. The summed E-state index contributed by atoms with van der Waals surface area (Å²) in [6.07, 6.45) is 0. The summed E-state index contributed by atoms with van der Waals surface area (Å²) in [5.74, 6) is 1.77. The van der Waals surface area contributed by atoms with Gasteiger partial charge < -0.3 is 14.5 Å². The number of anilines is 6. The Morgan fingerprint density at radius 2 is 0.804 bits per heavy atom. The highest BCUT2D eigenvalue weighted by atomic mass is 16.5. The Labute approximate surface area is 296 Å². The molecule has 240 valence electrons. The summed E-state index contributed by atoms with van der Waals surface area (Å²) in [4.78, 5) is 4.59. The Hall–Kier alpha value is -6.84. The van der Waals surface area contributed by atoms with Gasteiger partial charge in [0.25, 0.3) is 0 Å². The zero-order chi connectivity index (χ0) is 33.7.